The van der Waals surface area contributed by atoms with E-state index in [2.05, 4.69) is 97.9 Å². The zero-order valence-electron chi connectivity index (χ0n) is 18.1. The standard InChI is InChI=1S/C30H28O/c1-2-31-30-28-13-6-14-29(30)21-27-12-5-10-25(19-27)17-23-8-3-7-22(15-23)16-24-9-4-11-26(18-24)20-28/h3-15,18-19H,2,16-17,20-21H2,1H3. The van der Waals surface area contributed by atoms with Gasteiger partial charge in [-0.1, -0.05) is 91.0 Å². The van der Waals surface area contributed by atoms with Crippen molar-refractivity contribution in [2.75, 3.05) is 6.61 Å². The Morgan fingerprint density at radius 3 is 1.26 bits per heavy atom. The molecule has 5 rings (SSSR count). The summed E-state index contributed by atoms with van der Waals surface area (Å²) >= 11 is 0. The summed E-state index contributed by atoms with van der Waals surface area (Å²) in [4.78, 5) is 0. The molecule has 0 aromatic heterocycles. The molecule has 0 heterocycles. The molecular weight excluding hydrogens is 376 g/mol. The third kappa shape index (κ3) is 4.56. The Hall–Kier alpha value is -3.32. The van der Waals surface area contributed by atoms with Crippen LogP contribution in [0.5, 0.6) is 5.75 Å². The highest BCUT2D eigenvalue weighted by Crippen LogP contribution is 2.30. The molecule has 0 spiro atoms. The predicted octanol–water partition coefficient (Wildman–Crippen LogP) is 6.76. The number of hydrogen-bond acceptors (Lipinski definition) is 1. The molecule has 0 fully saturated rings. The first-order valence-electron chi connectivity index (χ1n) is 11.2. The molecule has 0 unspecified atom stereocenters. The number of para-hydroxylation sites is 1. The maximum Gasteiger partial charge on any atom is 0.126 e. The minimum absolute atomic E-state index is 0.679. The summed E-state index contributed by atoms with van der Waals surface area (Å²) in [5.74, 6) is 1.05. The van der Waals surface area contributed by atoms with Crippen LogP contribution in [0.25, 0.3) is 0 Å². The molecule has 0 amide bonds. The van der Waals surface area contributed by atoms with Gasteiger partial charge >= 0.3 is 0 Å². The lowest BCUT2D eigenvalue weighted by atomic mass is 9.93. The number of benzene rings is 4. The highest BCUT2D eigenvalue weighted by atomic mass is 16.5. The van der Waals surface area contributed by atoms with Gasteiger partial charge in [0.25, 0.3) is 0 Å². The summed E-state index contributed by atoms with van der Waals surface area (Å²) in [6, 6.07) is 33.7. The van der Waals surface area contributed by atoms with Gasteiger partial charge in [-0.05, 0) is 64.3 Å². The van der Waals surface area contributed by atoms with E-state index >= 15 is 0 Å². The fourth-order valence-corrected chi connectivity index (χ4v) is 4.71. The summed E-state index contributed by atoms with van der Waals surface area (Å²) in [5, 5.41) is 0. The lowest BCUT2D eigenvalue weighted by Crippen LogP contribution is -2.03. The average Bonchev–Trinajstić information content (AvgIpc) is 2.76. The summed E-state index contributed by atoms with van der Waals surface area (Å²) in [6.45, 7) is 2.75. The van der Waals surface area contributed by atoms with E-state index in [1.165, 1.54) is 44.5 Å². The zero-order valence-corrected chi connectivity index (χ0v) is 18.1. The molecule has 1 heteroatoms. The summed E-state index contributed by atoms with van der Waals surface area (Å²) < 4.78 is 6.19. The van der Waals surface area contributed by atoms with Crippen molar-refractivity contribution in [3.8, 4) is 5.75 Å². The van der Waals surface area contributed by atoms with Gasteiger partial charge in [-0.3, -0.25) is 0 Å². The lowest BCUT2D eigenvalue weighted by Gasteiger charge is -2.17. The van der Waals surface area contributed by atoms with Crippen molar-refractivity contribution in [1.29, 1.82) is 0 Å². The first kappa shape index (κ1) is 19.6. The van der Waals surface area contributed by atoms with Crippen LogP contribution in [-0.2, 0) is 25.7 Å². The molecule has 0 aliphatic heterocycles. The topological polar surface area (TPSA) is 9.23 Å². The molecule has 4 aromatic carbocycles. The van der Waals surface area contributed by atoms with Crippen LogP contribution >= 0.6 is 0 Å². The molecule has 1 nitrogen and oxygen atoms in total. The van der Waals surface area contributed by atoms with E-state index in [0.717, 1.165) is 31.4 Å². The minimum atomic E-state index is 0.679. The van der Waals surface area contributed by atoms with Gasteiger partial charge in [0.05, 0.1) is 6.61 Å². The molecule has 0 saturated carbocycles. The van der Waals surface area contributed by atoms with E-state index in [1.54, 1.807) is 0 Å². The molecule has 154 valence electrons. The van der Waals surface area contributed by atoms with Crippen LogP contribution in [0.2, 0.25) is 0 Å². The summed E-state index contributed by atoms with van der Waals surface area (Å²) in [7, 11) is 0. The van der Waals surface area contributed by atoms with Crippen molar-refractivity contribution >= 4 is 0 Å². The van der Waals surface area contributed by atoms with Crippen molar-refractivity contribution in [3.63, 3.8) is 0 Å². The lowest BCUT2D eigenvalue weighted by molar-refractivity contribution is 0.334. The van der Waals surface area contributed by atoms with Crippen LogP contribution in [-0.4, -0.2) is 6.61 Å². The Balaban J connectivity index is 1.64. The van der Waals surface area contributed by atoms with E-state index < -0.39 is 0 Å². The van der Waals surface area contributed by atoms with Crippen LogP contribution in [0.1, 0.15) is 51.4 Å². The molecule has 0 N–H and O–H groups in total. The minimum Gasteiger partial charge on any atom is -0.493 e. The fourth-order valence-electron chi connectivity index (χ4n) is 4.71. The van der Waals surface area contributed by atoms with Gasteiger partial charge in [-0.15, -0.1) is 0 Å². The van der Waals surface area contributed by atoms with Crippen molar-refractivity contribution in [2.24, 2.45) is 0 Å². The highest BCUT2D eigenvalue weighted by molar-refractivity contribution is 5.47. The van der Waals surface area contributed by atoms with E-state index in [9.17, 15) is 0 Å². The molecule has 0 radical (unpaired) electrons. The number of ether oxygens (including phenoxy) is 1. The molecule has 8 bridgehead atoms. The second-order valence-corrected chi connectivity index (χ2v) is 8.51. The zero-order chi connectivity index (χ0) is 21.0. The van der Waals surface area contributed by atoms with Gasteiger partial charge in [0.1, 0.15) is 5.75 Å². The van der Waals surface area contributed by atoms with E-state index in [-0.39, 0.29) is 0 Å². The van der Waals surface area contributed by atoms with Crippen LogP contribution < -0.4 is 4.74 Å². The van der Waals surface area contributed by atoms with Gasteiger partial charge in [0, 0.05) is 12.8 Å². The Morgan fingerprint density at radius 2 is 0.871 bits per heavy atom. The number of fused-ring (bicyclic) bond motifs is 8. The Bertz CT molecular complexity index is 1120. The largest absolute Gasteiger partial charge is 0.493 e. The van der Waals surface area contributed by atoms with Crippen LogP contribution in [0.4, 0.5) is 0 Å². The number of rotatable bonds is 2. The van der Waals surface area contributed by atoms with Crippen LogP contribution in [0.3, 0.4) is 0 Å². The SMILES string of the molecule is CCOc1c2cccc1Cc1cccc(c1)Cc1cccc(c1)Cc1cccc(c1)C2. The second kappa shape index (κ2) is 8.81. The summed E-state index contributed by atoms with van der Waals surface area (Å²) in [5.41, 5.74) is 10.7. The van der Waals surface area contributed by atoms with Crippen molar-refractivity contribution in [2.45, 2.75) is 32.6 Å². The van der Waals surface area contributed by atoms with Crippen LogP contribution in [0, 0.1) is 0 Å². The molecule has 31 heavy (non-hydrogen) atoms. The quantitative estimate of drug-likeness (QED) is 0.316. The van der Waals surface area contributed by atoms with Gasteiger partial charge in [-0.2, -0.15) is 0 Å². The van der Waals surface area contributed by atoms with Crippen molar-refractivity contribution in [1.82, 2.24) is 0 Å². The molecule has 4 aromatic rings. The number of hydrogen-bond donors (Lipinski definition) is 0. The van der Waals surface area contributed by atoms with Gasteiger partial charge in [-0.25, -0.2) is 0 Å². The molecule has 1 aliphatic carbocycles. The first-order valence-corrected chi connectivity index (χ1v) is 11.2. The average molecular weight is 405 g/mol. The first-order chi connectivity index (χ1) is 15.3. The molecule has 0 saturated heterocycles. The smallest absolute Gasteiger partial charge is 0.126 e. The molecule has 1 aliphatic rings. The third-order valence-electron chi connectivity index (χ3n) is 6.05. The maximum atomic E-state index is 6.19. The predicted molar refractivity (Wildman–Crippen MR) is 128 cm³/mol. The normalized spacial score (nSPS) is 12.9. The highest BCUT2D eigenvalue weighted by Gasteiger charge is 2.12. The Labute approximate surface area is 185 Å². The van der Waals surface area contributed by atoms with Crippen LogP contribution in [0.15, 0.2) is 91.0 Å². The second-order valence-electron chi connectivity index (χ2n) is 8.51. The van der Waals surface area contributed by atoms with Gasteiger partial charge in [0.2, 0.25) is 0 Å². The Morgan fingerprint density at radius 1 is 0.516 bits per heavy atom. The maximum absolute atomic E-state index is 6.19. The van der Waals surface area contributed by atoms with Gasteiger partial charge < -0.3 is 4.74 Å². The third-order valence-corrected chi connectivity index (χ3v) is 6.05. The monoisotopic (exact) mass is 404 g/mol. The molecular formula is C30H28O. The van der Waals surface area contributed by atoms with Gasteiger partial charge in [0.15, 0.2) is 0 Å². The fraction of sp³-hybridized carbons (Fsp3) is 0.200. The van der Waals surface area contributed by atoms with E-state index in [1.807, 2.05) is 0 Å². The Kier molecular flexibility index (Phi) is 5.58. The molecule has 0 atom stereocenters. The van der Waals surface area contributed by atoms with E-state index in [0.29, 0.717) is 6.61 Å². The van der Waals surface area contributed by atoms with Crippen molar-refractivity contribution in [3.05, 3.63) is 136 Å². The van der Waals surface area contributed by atoms with E-state index in [4.69, 9.17) is 4.74 Å². The summed E-state index contributed by atoms with van der Waals surface area (Å²) in [6.07, 6.45) is 3.69. The van der Waals surface area contributed by atoms with Crippen molar-refractivity contribution < 1.29 is 4.74 Å².